The molecule has 0 aliphatic rings. The number of ether oxygens (including phenoxy) is 1. The van der Waals surface area contributed by atoms with Crippen LogP contribution in [0.5, 0.6) is 5.75 Å². The fourth-order valence-electron chi connectivity index (χ4n) is 2.89. The van der Waals surface area contributed by atoms with Gasteiger partial charge < -0.3 is 9.64 Å². The van der Waals surface area contributed by atoms with Gasteiger partial charge in [-0.3, -0.25) is 9.79 Å². The van der Waals surface area contributed by atoms with Gasteiger partial charge in [0, 0.05) is 18.3 Å². The first kappa shape index (κ1) is 31.8. The maximum Gasteiger partial charge on any atom is 0.159 e. The summed E-state index contributed by atoms with van der Waals surface area (Å²) in [6.07, 6.45) is 8.26. The van der Waals surface area contributed by atoms with E-state index in [1.807, 2.05) is 43.5 Å². The van der Waals surface area contributed by atoms with Crippen molar-refractivity contribution in [1.29, 1.82) is 5.26 Å². The molecule has 0 fully saturated rings. The van der Waals surface area contributed by atoms with E-state index in [4.69, 9.17) is 10.00 Å². The van der Waals surface area contributed by atoms with Crippen LogP contribution in [-0.2, 0) is 0 Å². The summed E-state index contributed by atoms with van der Waals surface area (Å²) in [4.78, 5) is 17.6. The van der Waals surface area contributed by atoms with Gasteiger partial charge in [-0.2, -0.15) is 5.26 Å². The van der Waals surface area contributed by atoms with Crippen LogP contribution in [0.3, 0.4) is 0 Å². The Morgan fingerprint density at radius 2 is 1.66 bits per heavy atom. The summed E-state index contributed by atoms with van der Waals surface area (Å²) in [6, 6.07) is 16.6. The normalized spacial score (nSPS) is 9.97. The highest BCUT2D eigenvalue weighted by Gasteiger charge is 2.01. The maximum absolute atomic E-state index is 10.8. The molecule has 0 saturated heterocycles. The Labute approximate surface area is 213 Å². The molecule has 0 unspecified atom stereocenters. The molecule has 5 nitrogen and oxygen atoms in total. The number of Topliss-reactive ketones (excluding diaryl/α,β-unsaturated/α-hetero) is 1. The summed E-state index contributed by atoms with van der Waals surface area (Å²) >= 11 is 0. The third kappa shape index (κ3) is 16.1. The van der Waals surface area contributed by atoms with Crippen LogP contribution in [-0.4, -0.2) is 43.1 Å². The minimum absolute atomic E-state index is 0.0227. The number of nitrogens with zero attached hydrogens (tertiary/aromatic N) is 3. The predicted octanol–water partition coefficient (Wildman–Crippen LogP) is 7.64. The lowest BCUT2D eigenvalue weighted by Gasteiger charge is -2.19. The first-order valence-electron chi connectivity index (χ1n) is 12.5. The van der Waals surface area contributed by atoms with Crippen LogP contribution in [0.2, 0.25) is 0 Å². The average Bonchev–Trinajstić information content (AvgIpc) is 2.88. The highest BCUT2D eigenvalue weighted by Crippen LogP contribution is 2.18. The number of allylic oxidation sites excluding steroid dienone is 1. The summed E-state index contributed by atoms with van der Waals surface area (Å²) in [6.45, 7) is 17.5. The molecule has 190 valence electrons. The number of aliphatic imine (C=N–C) groups is 1. The summed E-state index contributed by atoms with van der Waals surface area (Å²) in [5.74, 6) is 0.955. The first-order chi connectivity index (χ1) is 16.9. The molecule has 0 heterocycles. The van der Waals surface area contributed by atoms with E-state index in [0.717, 1.165) is 44.0 Å². The fourth-order valence-corrected chi connectivity index (χ4v) is 2.89. The lowest BCUT2D eigenvalue weighted by atomic mass is 10.1. The van der Waals surface area contributed by atoms with E-state index in [1.54, 1.807) is 30.3 Å². The first-order valence-corrected chi connectivity index (χ1v) is 12.5. The Hall–Kier alpha value is -3.23. The van der Waals surface area contributed by atoms with Crippen LogP contribution in [0.25, 0.3) is 0 Å². The lowest BCUT2D eigenvalue weighted by molar-refractivity contribution is 0.101. The Balaban J connectivity index is 0.000000687. The Bertz CT molecular complexity index is 881. The highest BCUT2D eigenvalue weighted by atomic mass is 16.5. The molecule has 0 atom stereocenters. The minimum atomic E-state index is 0.0227. The SMILES string of the molecule is C=CC.CC(=O)c1ccc(C#N)cc1.CCC=Nc1ccc(OCCCN(CC)CCCC)cc1. The molecule has 0 aliphatic carbocycles. The zero-order chi connectivity index (χ0) is 26.3. The van der Waals surface area contributed by atoms with Crippen LogP contribution in [0.1, 0.15) is 76.2 Å². The van der Waals surface area contributed by atoms with Crippen molar-refractivity contribution in [3.63, 3.8) is 0 Å². The number of ketones is 1. The molecule has 0 amide bonds. The molecule has 2 aromatic carbocycles. The van der Waals surface area contributed by atoms with Gasteiger partial charge in [0.1, 0.15) is 5.75 Å². The number of rotatable bonds is 12. The minimum Gasteiger partial charge on any atom is -0.494 e. The third-order valence-electron chi connectivity index (χ3n) is 4.84. The number of unbranched alkanes of at least 4 members (excludes halogenated alkanes) is 1. The summed E-state index contributed by atoms with van der Waals surface area (Å²) < 4.78 is 5.79. The number of hydrogen-bond acceptors (Lipinski definition) is 5. The third-order valence-corrected chi connectivity index (χ3v) is 4.84. The Morgan fingerprint density at radius 1 is 1.06 bits per heavy atom. The van der Waals surface area contributed by atoms with Gasteiger partial charge in [-0.25, -0.2) is 0 Å². The highest BCUT2D eigenvalue weighted by molar-refractivity contribution is 5.94. The second kappa shape index (κ2) is 21.3. The monoisotopic (exact) mass is 477 g/mol. The van der Waals surface area contributed by atoms with Gasteiger partial charge in [-0.1, -0.05) is 45.4 Å². The van der Waals surface area contributed by atoms with Crippen molar-refractivity contribution in [2.24, 2.45) is 4.99 Å². The van der Waals surface area contributed by atoms with E-state index in [1.165, 1.54) is 26.3 Å². The zero-order valence-corrected chi connectivity index (χ0v) is 22.3. The van der Waals surface area contributed by atoms with Gasteiger partial charge >= 0.3 is 0 Å². The molecule has 0 aliphatic heterocycles. The molecule has 35 heavy (non-hydrogen) atoms. The van der Waals surface area contributed by atoms with Gasteiger partial charge in [0.15, 0.2) is 5.78 Å². The topological polar surface area (TPSA) is 65.7 Å². The van der Waals surface area contributed by atoms with E-state index in [2.05, 4.69) is 37.2 Å². The van der Waals surface area contributed by atoms with Crippen LogP contribution in [0.4, 0.5) is 5.69 Å². The van der Waals surface area contributed by atoms with Crippen molar-refractivity contribution in [3.8, 4) is 11.8 Å². The van der Waals surface area contributed by atoms with E-state index in [0.29, 0.717) is 11.1 Å². The van der Waals surface area contributed by atoms with Crippen LogP contribution in [0.15, 0.2) is 66.2 Å². The average molecular weight is 478 g/mol. The molecular weight excluding hydrogens is 434 g/mol. The van der Waals surface area contributed by atoms with Crippen molar-refractivity contribution >= 4 is 17.7 Å². The molecule has 2 rings (SSSR count). The van der Waals surface area contributed by atoms with Crippen molar-refractivity contribution in [2.75, 3.05) is 26.2 Å². The Morgan fingerprint density at radius 3 is 2.14 bits per heavy atom. The van der Waals surface area contributed by atoms with Crippen molar-refractivity contribution in [1.82, 2.24) is 4.90 Å². The Kier molecular flexibility index (Phi) is 19.3. The van der Waals surface area contributed by atoms with Gasteiger partial charge in [-0.15, -0.1) is 6.58 Å². The summed E-state index contributed by atoms with van der Waals surface area (Å²) in [5.41, 5.74) is 2.21. The smallest absolute Gasteiger partial charge is 0.159 e. The van der Waals surface area contributed by atoms with E-state index in [-0.39, 0.29) is 5.78 Å². The summed E-state index contributed by atoms with van der Waals surface area (Å²) in [5, 5.41) is 8.43. The molecular formula is C30H43N3O2. The zero-order valence-electron chi connectivity index (χ0n) is 22.3. The molecule has 5 heteroatoms. The largest absolute Gasteiger partial charge is 0.494 e. The van der Waals surface area contributed by atoms with E-state index in [9.17, 15) is 4.79 Å². The molecule has 0 N–H and O–H groups in total. The van der Waals surface area contributed by atoms with Gasteiger partial charge in [0.2, 0.25) is 0 Å². The quantitative estimate of drug-likeness (QED) is 0.136. The van der Waals surface area contributed by atoms with Crippen molar-refractivity contribution in [2.45, 2.75) is 60.3 Å². The van der Waals surface area contributed by atoms with Crippen molar-refractivity contribution < 1.29 is 9.53 Å². The lowest BCUT2D eigenvalue weighted by Crippen LogP contribution is -2.26. The number of carbonyl (C=O) groups excluding carboxylic acids is 1. The second-order valence-electron chi connectivity index (χ2n) is 7.86. The van der Waals surface area contributed by atoms with E-state index >= 15 is 0 Å². The van der Waals surface area contributed by atoms with Crippen LogP contribution in [0, 0.1) is 11.3 Å². The van der Waals surface area contributed by atoms with Crippen molar-refractivity contribution in [3.05, 3.63) is 72.3 Å². The van der Waals surface area contributed by atoms with Gasteiger partial charge in [0.25, 0.3) is 0 Å². The molecule has 0 radical (unpaired) electrons. The van der Waals surface area contributed by atoms with Crippen LogP contribution >= 0.6 is 0 Å². The molecule has 2 aromatic rings. The predicted molar refractivity (Wildman–Crippen MR) is 149 cm³/mol. The number of nitriles is 1. The number of benzene rings is 2. The van der Waals surface area contributed by atoms with Crippen LogP contribution < -0.4 is 4.74 Å². The summed E-state index contributed by atoms with van der Waals surface area (Å²) in [7, 11) is 0. The molecule has 0 bridgehead atoms. The number of hydrogen-bond donors (Lipinski definition) is 0. The second-order valence-corrected chi connectivity index (χ2v) is 7.86. The maximum atomic E-state index is 10.8. The standard InChI is InChI=1S/C18H30N2O.C9H7NO.C3H6/c1-4-7-14-20(6-3)15-8-16-21-18-11-9-17(10-12-18)19-13-5-2;1-7(11)9-4-2-8(6-10)3-5-9;1-3-2/h9-13H,4-8,14-16H2,1-3H3;2-5H,1H3;3H,1H2,2H3. The van der Waals surface area contributed by atoms with E-state index < -0.39 is 0 Å². The molecule has 0 spiro atoms. The number of carbonyl (C=O) groups is 1. The molecule has 0 aromatic heterocycles. The van der Waals surface area contributed by atoms with Gasteiger partial charge in [0.05, 0.1) is 23.9 Å². The fraction of sp³-hybridized carbons (Fsp3) is 0.433. The molecule has 0 saturated carbocycles. The van der Waals surface area contributed by atoms with Gasteiger partial charge in [-0.05, 0) is 82.6 Å².